The minimum Gasteiger partial charge on any atom is -0.477 e. The molecule has 1 aromatic heterocycles. The third-order valence-electron chi connectivity index (χ3n) is 3.67. The van der Waals surface area contributed by atoms with Crippen LogP contribution in [-0.4, -0.2) is 15.6 Å². The molecule has 1 heterocycles. The van der Waals surface area contributed by atoms with Gasteiger partial charge in [0.05, 0.1) is 0 Å². The van der Waals surface area contributed by atoms with Gasteiger partial charge >= 0.3 is 5.97 Å². The summed E-state index contributed by atoms with van der Waals surface area (Å²) in [7, 11) is 0. The number of rotatable bonds is 3. The van der Waals surface area contributed by atoms with E-state index in [-0.39, 0.29) is 6.04 Å². The molecule has 102 valence electrons. The highest BCUT2D eigenvalue weighted by molar-refractivity contribution is 5.98. The second-order valence-corrected chi connectivity index (χ2v) is 5.67. The Morgan fingerprint density at radius 3 is 2.32 bits per heavy atom. The van der Waals surface area contributed by atoms with E-state index in [1.807, 2.05) is 31.4 Å². The Hall–Kier alpha value is -1.77. The standard InChI is InChI=1S/C16H21NO2/c1-9(2)12-6-7-14-13(8-12)11(5)15(16(18)19)17(14)10(3)4/h6-10H,1-5H3,(H,18,19). The number of hydrogen-bond donors (Lipinski definition) is 1. The number of carboxylic acid groups (broad SMARTS) is 1. The van der Waals surface area contributed by atoms with Crippen LogP contribution in [-0.2, 0) is 0 Å². The van der Waals surface area contributed by atoms with Crippen LogP contribution in [0.3, 0.4) is 0 Å². The monoisotopic (exact) mass is 259 g/mol. The van der Waals surface area contributed by atoms with Gasteiger partial charge < -0.3 is 9.67 Å². The molecule has 0 fully saturated rings. The van der Waals surface area contributed by atoms with Gasteiger partial charge in [-0.15, -0.1) is 0 Å². The molecule has 19 heavy (non-hydrogen) atoms. The fraction of sp³-hybridized carbons (Fsp3) is 0.438. The molecular formula is C16H21NO2. The molecule has 0 amide bonds. The summed E-state index contributed by atoms with van der Waals surface area (Å²) < 4.78 is 1.91. The molecule has 0 saturated heterocycles. The molecular weight excluding hydrogens is 238 g/mol. The predicted molar refractivity (Wildman–Crippen MR) is 78.1 cm³/mol. The first-order valence-corrected chi connectivity index (χ1v) is 6.72. The normalized spacial score (nSPS) is 11.7. The van der Waals surface area contributed by atoms with Crippen LogP contribution in [0, 0.1) is 6.92 Å². The largest absolute Gasteiger partial charge is 0.477 e. The third-order valence-corrected chi connectivity index (χ3v) is 3.67. The molecule has 2 aromatic rings. The van der Waals surface area contributed by atoms with Gasteiger partial charge in [-0.05, 0) is 49.9 Å². The first-order valence-electron chi connectivity index (χ1n) is 6.72. The van der Waals surface area contributed by atoms with E-state index in [9.17, 15) is 9.90 Å². The van der Waals surface area contributed by atoms with Crippen molar-refractivity contribution in [2.24, 2.45) is 0 Å². The summed E-state index contributed by atoms with van der Waals surface area (Å²) in [6.45, 7) is 10.2. The number of carbonyl (C=O) groups is 1. The smallest absolute Gasteiger partial charge is 0.352 e. The minimum absolute atomic E-state index is 0.132. The molecule has 3 heteroatoms. The summed E-state index contributed by atoms with van der Waals surface area (Å²) in [6, 6.07) is 6.40. The highest BCUT2D eigenvalue weighted by atomic mass is 16.4. The topological polar surface area (TPSA) is 42.2 Å². The van der Waals surface area contributed by atoms with E-state index < -0.39 is 5.97 Å². The van der Waals surface area contributed by atoms with Crippen molar-refractivity contribution >= 4 is 16.9 Å². The summed E-state index contributed by atoms with van der Waals surface area (Å²) in [5.74, 6) is -0.409. The number of aryl methyl sites for hydroxylation is 1. The van der Waals surface area contributed by atoms with Crippen LogP contribution in [0.5, 0.6) is 0 Å². The zero-order valence-electron chi connectivity index (χ0n) is 12.2. The van der Waals surface area contributed by atoms with Gasteiger partial charge in [0.15, 0.2) is 0 Å². The average molecular weight is 259 g/mol. The van der Waals surface area contributed by atoms with Crippen molar-refractivity contribution in [3.05, 3.63) is 35.0 Å². The van der Waals surface area contributed by atoms with Crippen LogP contribution in [0.1, 0.15) is 61.3 Å². The van der Waals surface area contributed by atoms with Gasteiger partial charge in [-0.1, -0.05) is 19.9 Å². The number of carboxylic acids is 1. The fourth-order valence-corrected chi connectivity index (χ4v) is 2.65. The first kappa shape index (κ1) is 13.7. The molecule has 0 saturated carbocycles. The van der Waals surface area contributed by atoms with Crippen LogP contribution in [0.15, 0.2) is 18.2 Å². The lowest BCUT2D eigenvalue weighted by atomic mass is 10.0. The van der Waals surface area contributed by atoms with Gasteiger partial charge in [-0.25, -0.2) is 4.79 Å². The number of nitrogens with zero attached hydrogens (tertiary/aromatic N) is 1. The lowest BCUT2D eigenvalue weighted by Gasteiger charge is -2.13. The minimum atomic E-state index is -0.853. The molecule has 0 unspecified atom stereocenters. The molecule has 2 rings (SSSR count). The Balaban J connectivity index is 2.84. The lowest BCUT2D eigenvalue weighted by Crippen LogP contribution is -2.11. The van der Waals surface area contributed by atoms with Crippen LogP contribution in [0.25, 0.3) is 10.9 Å². The summed E-state index contributed by atoms with van der Waals surface area (Å²) in [6.07, 6.45) is 0. The molecule has 0 radical (unpaired) electrons. The summed E-state index contributed by atoms with van der Waals surface area (Å²) >= 11 is 0. The van der Waals surface area contributed by atoms with Crippen molar-refractivity contribution in [2.75, 3.05) is 0 Å². The van der Waals surface area contributed by atoms with Crippen LogP contribution >= 0.6 is 0 Å². The average Bonchev–Trinajstić information content (AvgIpc) is 2.62. The van der Waals surface area contributed by atoms with E-state index in [4.69, 9.17) is 0 Å². The maximum atomic E-state index is 11.5. The lowest BCUT2D eigenvalue weighted by molar-refractivity contribution is 0.0683. The highest BCUT2D eigenvalue weighted by Crippen LogP contribution is 2.31. The summed E-state index contributed by atoms with van der Waals surface area (Å²) in [5, 5.41) is 10.5. The molecule has 0 bridgehead atoms. The summed E-state index contributed by atoms with van der Waals surface area (Å²) in [4.78, 5) is 11.5. The number of aromatic carboxylic acids is 1. The number of fused-ring (bicyclic) bond motifs is 1. The highest BCUT2D eigenvalue weighted by Gasteiger charge is 2.21. The Morgan fingerprint density at radius 2 is 1.84 bits per heavy atom. The van der Waals surface area contributed by atoms with Gasteiger partial charge in [0, 0.05) is 16.9 Å². The fourth-order valence-electron chi connectivity index (χ4n) is 2.65. The number of benzene rings is 1. The van der Waals surface area contributed by atoms with Gasteiger partial charge in [0.2, 0.25) is 0 Å². The maximum Gasteiger partial charge on any atom is 0.352 e. The molecule has 0 atom stereocenters. The van der Waals surface area contributed by atoms with Gasteiger partial charge in [-0.3, -0.25) is 0 Å². The Kier molecular flexibility index (Phi) is 3.40. The van der Waals surface area contributed by atoms with E-state index in [0.29, 0.717) is 11.6 Å². The van der Waals surface area contributed by atoms with Crippen molar-refractivity contribution in [2.45, 2.75) is 46.6 Å². The van der Waals surface area contributed by atoms with E-state index in [2.05, 4.69) is 26.0 Å². The van der Waals surface area contributed by atoms with Crippen LogP contribution < -0.4 is 0 Å². The molecule has 3 nitrogen and oxygen atoms in total. The molecule has 0 aliphatic carbocycles. The zero-order chi connectivity index (χ0) is 14.3. The quantitative estimate of drug-likeness (QED) is 0.890. The van der Waals surface area contributed by atoms with Gasteiger partial charge in [-0.2, -0.15) is 0 Å². The van der Waals surface area contributed by atoms with Crippen molar-refractivity contribution < 1.29 is 9.90 Å². The number of hydrogen-bond acceptors (Lipinski definition) is 1. The molecule has 0 aliphatic rings. The Labute approximate surface area is 113 Å². The van der Waals surface area contributed by atoms with E-state index in [1.54, 1.807) is 0 Å². The summed E-state index contributed by atoms with van der Waals surface area (Å²) in [5.41, 5.74) is 3.52. The molecule has 1 N–H and O–H groups in total. The molecule has 0 aliphatic heterocycles. The van der Waals surface area contributed by atoms with Gasteiger partial charge in [0.1, 0.15) is 5.69 Å². The van der Waals surface area contributed by atoms with Crippen molar-refractivity contribution in [1.29, 1.82) is 0 Å². The number of aromatic nitrogens is 1. The second kappa shape index (κ2) is 4.72. The van der Waals surface area contributed by atoms with E-state index in [0.717, 1.165) is 16.5 Å². The van der Waals surface area contributed by atoms with Crippen molar-refractivity contribution in [3.8, 4) is 0 Å². The zero-order valence-corrected chi connectivity index (χ0v) is 12.2. The van der Waals surface area contributed by atoms with E-state index >= 15 is 0 Å². The van der Waals surface area contributed by atoms with Gasteiger partial charge in [0.25, 0.3) is 0 Å². The maximum absolute atomic E-state index is 11.5. The third kappa shape index (κ3) is 2.14. The van der Waals surface area contributed by atoms with Crippen LogP contribution in [0.4, 0.5) is 0 Å². The Bertz CT molecular complexity index is 636. The van der Waals surface area contributed by atoms with Crippen molar-refractivity contribution in [3.63, 3.8) is 0 Å². The van der Waals surface area contributed by atoms with Crippen molar-refractivity contribution in [1.82, 2.24) is 4.57 Å². The SMILES string of the molecule is Cc1c(C(=O)O)n(C(C)C)c2ccc(C(C)C)cc12. The Morgan fingerprint density at radius 1 is 1.21 bits per heavy atom. The van der Waals surface area contributed by atoms with E-state index in [1.165, 1.54) is 5.56 Å². The first-order chi connectivity index (χ1) is 8.84. The predicted octanol–water partition coefficient (Wildman–Crippen LogP) is 4.35. The molecule has 1 aromatic carbocycles. The van der Waals surface area contributed by atoms with Crippen LogP contribution in [0.2, 0.25) is 0 Å². The second-order valence-electron chi connectivity index (χ2n) is 5.67. The molecule has 0 spiro atoms.